The number of nitrogens with zero attached hydrogens (tertiary/aromatic N) is 3. The number of carbonyl (C=O) groups is 1. The molecule has 4 aromatic rings. The molecular weight excluding hydrogens is 392 g/mol. The van der Waals surface area contributed by atoms with E-state index in [1.54, 1.807) is 18.5 Å². The van der Waals surface area contributed by atoms with E-state index in [2.05, 4.69) is 21.2 Å². The van der Waals surface area contributed by atoms with Gasteiger partial charge < -0.3 is 14.4 Å². The Labute approximate surface area is 178 Å². The van der Waals surface area contributed by atoms with Crippen molar-refractivity contribution < 1.29 is 14.3 Å². The molecule has 31 heavy (non-hydrogen) atoms. The molecule has 7 nitrogen and oxygen atoms in total. The molecule has 0 atom stereocenters. The number of hydrogen-bond donors (Lipinski definition) is 1. The number of aromatic amines is 1. The van der Waals surface area contributed by atoms with Gasteiger partial charge in [-0.1, -0.05) is 6.07 Å². The number of H-pyrrole nitrogens is 1. The van der Waals surface area contributed by atoms with Crippen LogP contribution in [0, 0.1) is 0 Å². The minimum atomic E-state index is -0.0881. The van der Waals surface area contributed by atoms with E-state index in [9.17, 15) is 4.79 Å². The molecule has 0 saturated carbocycles. The van der Waals surface area contributed by atoms with Crippen LogP contribution in [-0.2, 0) is 6.42 Å². The summed E-state index contributed by atoms with van der Waals surface area (Å²) in [4.78, 5) is 19.1. The first-order valence-corrected chi connectivity index (χ1v) is 10.1. The number of pyridine rings is 1. The fourth-order valence-electron chi connectivity index (χ4n) is 4.12. The van der Waals surface area contributed by atoms with Crippen LogP contribution in [0.25, 0.3) is 22.4 Å². The third kappa shape index (κ3) is 3.02. The fourth-order valence-corrected chi connectivity index (χ4v) is 4.12. The van der Waals surface area contributed by atoms with Crippen molar-refractivity contribution >= 4 is 11.6 Å². The third-order valence-electron chi connectivity index (χ3n) is 5.71. The maximum absolute atomic E-state index is 13.2. The van der Waals surface area contributed by atoms with Crippen LogP contribution in [0.5, 0.6) is 11.5 Å². The van der Waals surface area contributed by atoms with Gasteiger partial charge in [0.25, 0.3) is 5.91 Å². The topological polar surface area (TPSA) is 80.3 Å². The first kappa shape index (κ1) is 17.7. The van der Waals surface area contributed by atoms with Crippen LogP contribution < -0.4 is 14.4 Å². The monoisotopic (exact) mass is 410 g/mol. The number of fused-ring (bicyclic) bond motifs is 2. The summed E-state index contributed by atoms with van der Waals surface area (Å²) in [5, 5.41) is 7.24. The maximum atomic E-state index is 13.2. The van der Waals surface area contributed by atoms with E-state index >= 15 is 0 Å². The van der Waals surface area contributed by atoms with Crippen molar-refractivity contribution in [2.75, 3.05) is 18.2 Å². The summed E-state index contributed by atoms with van der Waals surface area (Å²) in [5.41, 5.74) is 6.36. The lowest BCUT2D eigenvalue weighted by Crippen LogP contribution is -2.29. The van der Waals surface area contributed by atoms with Crippen LogP contribution in [0.2, 0.25) is 0 Å². The maximum Gasteiger partial charge on any atom is 0.276 e. The van der Waals surface area contributed by atoms with Crippen molar-refractivity contribution in [2.45, 2.75) is 6.42 Å². The van der Waals surface area contributed by atoms with Crippen LogP contribution in [0.4, 0.5) is 5.69 Å². The van der Waals surface area contributed by atoms with Crippen molar-refractivity contribution in [2.24, 2.45) is 0 Å². The van der Waals surface area contributed by atoms with Gasteiger partial charge in [-0.05, 0) is 71.6 Å². The zero-order valence-corrected chi connectivity index (χ0v) is 16.5. The molecule has 6 rings (SSSR count). The minimum Gasteiger partial charge on any atom is -0.454 e. The second-order valence-corrected chi connectivity index (χ2v) is 7.52. The molecule has 0 unspecified atom stereocenters. The predicted molar refractivity (Wildman–Crippen MR) is 115 cm³/mol. The Bertz CT molecular complexity index is 1300. The van der Waals surface area contributed by atoms with Crippen molar-refractivity contribution in [3.63, 3.8) is 0 Å². The predicted octanol–water partition coefficient (Wildman–Crippen LogP) is 4.07. The smallest absolute Gasteiger partial charge is 0.276 e. The summed E-state index contributed by atoms with van der Waals surface area (Å²) in [6.45, 7) is 0.868. The number of anilines is 1. The van der Waals surface area contributed by atoms with Gasteiger partial charge in [-0.25, -0.2) is 0 Å². The van der Waals surface area contributed by atoms with Crippen LogP contribution >= 0.6 is 0 Å². The summed E-state index contributed by atoms with van der Waals surface area (Å²) in [7, 11) is 0. The number of benzene rings is 2. The molecule has 7 heteroatoms. The summed E-state index contributed by atoms with van der Waals surface area (Å²) >= 11 is 0. The molecule has 4 heterocycles. The van der Waals surface area contributed by atoms with Gasteiger partial charge in [-0.3, -0.25) is 14.9 Å². The first-order chi connectivity index (χ1) is 15.3. The van der Waals surface area contributed by atoms with Crippen LogP contribution in [-0.4, -0.2) is 34.4 Å². The van der Waals surface area contributed by atoms with Crippen molar-refractivity contribution in [1.29, 1.82) is 0 Å². The van der Waals surface area contributed by atoms with E-state index in [1.807, 2.05) is 47.4 Å². The Morgan fingerprint density at radius 3 is 2.65 bits per heavy atom. The molecule has 0 spiro atoms. The first-order valence-electron chi connectivity index (χ1n) is 10.1. The molecule has 0 saturated heterocycles. The lowest BCUT2D eigenvalue weighted by molar-refractivity contribution is 0.0984. The van der Waals surface area contributed by atoms with Gasteiger partial charge in [0.1, 0.15) is 5.69 Å². The molecule has 1 N–H and O–H groups in total. The highest BCUT2D eigenvalue weighted by atomic mass is 16.7. The molecule has 0 radical (unpaired) electrons. The van der Waals surface area contributed by atoms with Crippen LogP contribution in [0.1, 0.15) is 16.1 Å². The standard InChI is InChI=1S/C24H18N4O3/c29-24(20-13-19(26-27-20)17-2-4-22-23(12-17)31-14-30-22)28-10-7-18-11-16(1-3-21(18)28)15-5-8-25-9-6-15/h1-6,8-9,11-13H,7,10,14H2,(H,26,27). The molecule has 1 amide bonds. The van der Waals surface area contributed by atoms with Gasteiger partial charge >= 0.3 is 0 Å². The zero-order valence-electron chi connectivity index (χ0n) is 16.5. The average molecular weight is 410 g/mol. The number of rotatable bonds is 3. The number of nitrogens with one attached hydrogen (secondary N) is 1. The summed E-state index contributed by atoms with van der Waals surface area (Å²) in [6, 6.07) is 17.6. The molecule has 2 aliphatic heterocycles. The molecule has 2 aromatic heterocycles. The Morgan fingerprint density at radius 2 is 1.74 bits per heavy atom. The van der Waals surface area contributed by atoms with Gasteiger partial charge in [0.05, 0.1) is 5.69 Å². The highest BCUT2D eigenvalue weighted by molar-refractivity contribution is 6.06. The van der Waals surface area contributed by atoms with Crippen molar-refractivity contribution in [3.8, 4) is 33.9 Å². The number of carbonyl (C=O) groups excluding carboxylic acids is 1. The van der Waals surface area contributed by atoms with E-state index in [0.717, 1.165) is 40.1 Å². The van der Waals surface area contributed by atoms with E-state index < -0.39 is 0 Å². The van der Waals surface area contributed by atoms with Gasteiger partial charge in [-0.2, -0.15) is 5.10 Å². The lowest BCUT2D eigenvalue weighted by Gasteiger charge is -2.16. The Balaban J connectivity index is 1.26. The molecule has 2 aliphatic rings. The average Bonchev–Trinajstić information content (AvgIpc) is 3.57. The third-order valence-corrected chi connectivity index (χ3v) is 5.71. The number of amides is 1. The SMILES string of the molecule is O=C(c1cc(-c2ccc3c(c2)OCO3)n[nH]1)N1CCc2cc(-c3ccncc3)ccc21. The Morgan fingerprint density at radius 1 is 0.903 bits per heavy atom. The van der Waals surface area contributed by atoms with Crippen LogP contribution in [0.15, 0.2) is 67.0 Å². The minimum absolute atomic E-state index is 0.0881. The summed E-state index contributed by atoms with van der Waals surface area (Å²) in [5.74, 6) is 1.32. The normalized spacial score (nSPS) is 14.0. The van der Waals surface area contributed by atoms with Gasteiger partial charge in [0.15, 0.2) is 11.5 Å². The summed E-state index contributed by atoms with van der Waals surface area (Å²) in [6.07, 6.45) is 4.39. The van der Waals surface area contributed by atoms with Gasteiger partial charge in [0.2, 0.25) is 6.79 Å². The number of hydrogen-bond acceptors (Lipinski definition) is 5. The molecule has 2 aromatic carbocycles. The molecule has 152 valence electrons. The highest BCUT2D eigenvalue weighted by Crippen LogP contribution is 2.36. The second-order valence-electron chi connectivity index (χ2n) is 7.52. The van der Waals surface area contributed by atoms with E-state index in [4.69, 9.17) is 9.47 Å². The van der Waals surface area contributed by atoms with E-state index in [-0.39, 0.29) is 12.7 Å². The largest absolute Gasteiger partial charge is 0.454 e. The Hall–Kier alpha value is -4.13. The quantitative estimate of drug-likeness (QED) is 0.551. The lowest BCUT2D eigenvalue weighted by atomic mass is 10.0. The molecule has 0 bridgehead atoms. The van der Waals surface area contributed by atoms with E-state index in [1.165, 1.54) is 0 Å². The Kier molecular flexibility index (Phi) is 3.99. The summed E-state index contributed by atoms with van der Waals surface area (Å²) < 4.78 is 10.8. The number of aromatic nitrogens is 3. The zero-order chi connectivity index (χ0) is 20.8. The van der Waals surface area contributed by atoms with Crippen LogP contribution in [0.3, 0.4) is 0 Å². The molecule has 0 fully saturated rings. The molecule has 0 aliphatic carbocycles. The van der Waals surface area contributed by atoms with E-state index in [0.29, 0.717) is 23.7 Å². The second kappa shape index (κ2) is 6.98. The fraction of sp³-hybridized carbons (Fsp3) is 0.125. The number of ether oxygens (including phenoxy) is 2. The van der Waals surface area contributed by atoms with Crippen molar-refractivity contribution in [1.82, 2.24) is 15.2 Å². The molecular formula is C24H18N4O3. The van der Waals surface area contributed by atoms with Crippen molar-refractivity contribution in [3.05, 3.63) is 78.2 Å². The van der Waals surface area contributed by atoms with Gasteiger partial charge in [0, 0.05) is 30.2 Å². The highest BCUT2D eigenvalue weighted by Gasteiger charge is 2.27. The van der Waals surface area contributed by atoms with Gasteiger partial charge in [-0.15, -0.1) is 0 Å².